The van der Waals surface area contributed by atoms with E-state index in [0.29, 0.717) is 0 Å². The molecular weight excluding hydrogens is 390 g/mol. The largest absolute Gasteiger partial charge is 0.214 e. The monoisotopic (exact) mass is 414 g/mol. The van der Waals surface area contributed by atoms with Crippen LogP contribution in [0.15, 0.2) is 66.7 Å². The van der Waals surface area contributed by atoms with E-state index in [-0.39, 0.29) is 7.92 Å². The van der Waals surface area contributed by atoms with Crippen LogP contribution in [-0.4, -0.2) is 11.3 Å². The van der Waals surface area contributed by atoms with Gasteiger partial charge in [-0.05, 0) is 11.3 Å². The molecule has 0 heterocycles. The van der Waals surface area contributed by atoms with Crippen LogP contribution in [0.25, 0.3) is 10.8 Å². The third-order valence-corrected chi connectivity index (χ3v) is 6.65. The first-order chi connectivity index (χ1) is 11.5. The zero-order valence-electron chi connectivity index (χ0n) is 14.7. The fraction of sp³-hybridized carbons (Fsp3) is 0.300. The van der Waals surface area contributed by atoms with Crippen LogP contribution in [-0.2, 0) is 17.0 Å². The molecule has 0 aliphatic heterocycles. The predicted octanol–water partition coefficient (Wildman–Crippen LogP) is 7.26. The Morgan fingerprint density at radius 1 is 0.917 bits per heavy atom. The van der Waals surface area contributed by atoms with Crippen LogP contribution >= 0.6 is 26.5 Å². The van der Waals surface area contributed by atoms with Crippen LogP contribution in [0, 0.1) is 0 Å². The summed E-state index contributed by atoms with van der Waals surface area (Å²) in [6.45, 7) is 9.40. The number of fused-ring (bicyclic) bond motifs is 1. The Morgan fingerprint density at radius 2 is 1.46 bits per heavy atom. The maximum Gasteiger partial charge on any atom is -0.172 e. The average Bonchev–Trinajstić information content (AvgIpc) is 3.20. The van der Waals surface area contributed by atoms with E-state index in [4.69, 9.17) is 18.6 Å². The van der Waals surface area contributed by atoms with Gasteiger partial charge in [-0.2, -0.15) is 24.3 Å². The SMILES string of the molecule is CC(C)P(c1cc2ccccc2[cH-]1)C(C)C.[Cl][Ti][Cl].c1cc[cH-]c1. The van der Waals surface area contributed by atoms with Crippen LogP contribution in [0.5, 0.6) is 0 Å². The van der Waals surface area contributed by atoms with Crippen molar-refractivity contribution in [2.45, 2.75) is 39.0 Å². The molecule has 0 bridgehead atoms. The van der Waals surface area contributed by atoms with Crippen LogP contribution < -0.4 is 5.30 Å². The molecule has 0 radical (unpaired) electrons. The summed E-state index contributed by atoms with van der Waals surface area (Å²) < 4.78 is 0. The zero-order valence-corrected chi connectivity index (χ0v) is 18.7. The van der Waals surface area contributed by atoms with Crippen molar-refractivity contribution in [3.8, 4) is 0 Å². The minimum Gasteiger partial charge on any atom is -0.214 e. The van der Waals surface area contributed by atoms with Crippen molar-refractivity contribution < 1.29 is 17.0 Å². The van der Waals surface area contributed by atoms with Crippen molar-refractivity contribution in [2.24, 2.45) is 0 Å². The number of rotatable bonds is 3. The minimum absolute atomic E-state index is 0.0206. The van der Waals surface area contributed by atoms with E-state index in [1.165, 1.54) is 10.8 Å². The number of halogens is 2. The van der Waals surface area contributed by atoms with Crippen LogP contribution in [0.3, 0.4) is 0 Å². The van der Waals surface area contributed by atoms with Crippen molar-refractivity contribution in [3.63, 3.8) is 0 Å². The van der Waals surface area contributed by atoms with Crippen molar-refractivity contribution in [1.29, 1.82) is 0 Å². The molecule has 0 aliphatic carbocycles. The third-order valence-electron chi connectivity index (χ3n) is 3.57. The van der Waals surface area contributed by atoms with E-state index in [1.807, 2.05) is 30.3 Å². The molecule has 0 saturated heterocycles. The molecule has 0 fully saturated rings. The van der Waals surface area contributed by atoms with Gasteiger partial charge in [-0.1, -0.05) is 41.7 Å². The van der Waals surface area contributed by atoms with Crippen molar-refractivity contribution in [2.75, 3.05) is 0 Å². The Kier molecular flexibility index (Phi) is 11.2. The maximum absolute atomic E-state index is 4.89. The molecule has 130 valence electrons. The molecule has 4 heteroatoms. The van der Waals surface area contributed by atoms with E-state index in [0.717, 1.165) is 11.3 Å². The fourth-order valence-corrected chi connectivity index (χ4v) is 5.76. The first kappa shape index (κ1) is 21.9. The van der Waals surface area contributed by atoms with Gasteiger partial charge in [0, 0.05) is 0 Å². The van der Waals surface area contributed by atoms with Gasteiger partial charge >= 0.3 is 35.6 Å². The van der Waals surface area contributed by atoms with Gasteiger partial charge in [0.05, 0.1) is 0 Å². The molecule has 3 rings (SSSR count). The molecule has 0 nitrogen and oxygen atoms in total. The van der Waals surface area contributed by atoms with Gasteiger partial charge < -0.3 is 0 Å². The van der Waals surface area contributed by atoms with E-state index in [2.05, 4.69) is 64.1 Å². The summed E-state index contributed by atoms with van der Waals surface area (Å²) in [7, 11) is 9.76. The zero-order chi connectivity index (χ0) is 17.9. The van der Waals surface area contributed by atoms with Gasteiger partial charge in [-0.15, -0.1) is 40.3 Å². The molecule has 0 saturated carbocycles. The summed E-state index contributed by atoms with van der Waals surface area (Å²) in [5, 5.41) is 4.36. The summed E-state index contributed by atoms with van der Waals surface area (Å²) in [4.78, 5) is 0. The van der Waals surface area contributed by atoms with E-state index >= 15 is 0 Å². The van der Waals surface area contributed by atoms with Crippen molar-refractivity contribution in [1.82, 2.24) is 0 Å². The van der Waals surface area contributed by atoms with Gasteiger partial charge in [0.2, 0.25) is 0 Å². The van der Waals surface area contributed by atoms with Crippen LogP contribution in [0.4, 0.5) is 0 Å². The molecule has 0 N–H and O–H groups in total. The molecule has 3 aromatic rings. The van der Waals surface area contributed by atoms with Gasteiger partial charge in [0.1, 0.15) is 0 Å². The van der Waals surface area contributed by atoms with Crippen LogP contribution in [0.1, 0.15) is 27.7 Å². The summed E-state index contributed by atoms with van der Waals surface area (Å²) >= 11 is -0.556. The predicted molar refractivity (Wildman–Crippen MR) is 110 cm³/mol. The van der Waals surface area contributed by atoms with E-state index in [9.17, 15) is 0 Å². The maximum atomic E-state index is 4.89. The van der Waals surface area contributed by atoms with Gasteiger partial charge in [-0.25, -0.2) is 12.1 Å². The molecule has 0 atom stereocenters. The van der Waals surface area contributed by atoms with Crippen molar-refractivity contribution in [3.05, 3.63) is 66.7 Å². The Balaban J connectivity index is 0.000000298. The second-order valence-corrected chi connectivity index (χ2v) is 11.9. The van der Waals surface area contributed by atoms with Crippen molar-refractivity contribution >= 4 is 42.6 Å². The second kappa shape index (κ2) is 12.3. The normalized spacial score (nSPS) is 10.4. The van der Waals surface area contributed by atoms with E-state index < -0.39 is 17.0 Å². The number of benzene rings is 1. The molecule has 24 heavy (non-hydrogen) atoms. The van der Waals surface area contributed by atoms with E-state index in [1.54, 1.807) is 5.30 Å². The number of hydrogen-bond acceptors (Lipinski definition) is 0. The van der Waals surface area contributed by atoms with Gasteiger partial charge in [-0.3, -0.25) is 0 Å². The molecule has 0 amide bonds. The molecular formula is C20H25Cl2PTi-2. The van der Waals surface area contributed by atoms with Crippen LogP contribution in [0.2, 0.25) is 0 Å². The Labute approximate surface area is 164 Å². The summed E-state index contributed by atoms with van der Waals surface area (Å²) in [5.41, 5.74) is 1.54. The standard InChI is InChI=1S/C15H20P.C5H5.2ClH.Ti/c1-11(2)16(12(3)4)15-9-13-7-5-6-8-14(13)10-15;1-2-4-5-3-1;;;/h5-12H,1-4H3;1-5H;2*1H;/q2*-1;;;+2/p-2. The first-order valence-electron chi connectivity index (χ1n) is 8.08. The summed E-state index contributed by atoms with van der Waals surface area (Å²) in [5.74, 6) is 0. The van der Waals surface area contributed by atoms with Gasteiger partial charge in [0.15, 0.2) is 0 Å². The van der Waals surface area contributed by atoms with Gasteiger partial charge in [0.25, 0.3) is 0 Å². The summed E-state index contributed by atoms with van der Waals surface area (Å²) in [6.07, 6.45) is 0. The summed E-state index contributed by atoms with van der Waals surface area (Å²) in [6, 6.07) is 23.5. The second-order valence-electron chi connectivity index (χ2n) is 5.97. The minimum atomic E-state index is -0.556. The molecule has 0 aromatic heterocycles. The smallest absolute Gasteiger partial charge is 0.172 e. The number of hydrogen-bond donors (Lipinski definition) is 0. The Hall–Kier alpha value is -0.0957. The Morgan fingerprint density at radius 3 is 1.88 bits per heavy atom. The fourth-order valence-electron chi connectivity index (χ4n) is 2.80. The topological polar surface area (TPSA) is 0 Å². The molecule has 0 aliphatic rings. The Bertz CT molecular complexity index is 601. The molecule has 0 spiro atoms. The average molecular weight is 415 g/mol. The molecule has 0 unspecified atom stereocenters. The quantitative estimate of drug-likeness (QED) is 0.240. The first-order valence-corrected chi connectivity index (χ1v) is 13.9. The third kappa shape index (κ3) is 7.43. The molecule has 3 aromatic carbocycles.